The molecule has 188 valence electrons. The van der Waals surface area contributed by atoms with Gasteiger partial charge in [0.15, 0.2) is 5.16 Å². The zero-order chi connectivity index (χ0) is 25.5. The van der Waals surface area contributed by atoms with Crippen molar-refractivity contribution in [2.45, 2.75) is 62.3 Å². The number of rotatable bonds is 5. The highest BCUT2D eigenvalue weighted by Gasteiger charge is 2.44. The summed E-state index contributed by atoms with van der Waals surface area (Å²) in [7, 11) is 0. The van der Waals surface area contributed by atoms with E-state index < -0.39 is 17.6 Å². The molecule has 1 spiro atoms. The van der Waals surface area contributed by atoms with Crippen molar-refractivity contribution in [2.24, 2.45) is 0 Å². The number of nitrogens with one attached hydrogen (secondary N) is 1. The number of amides is 1. The first-order chi connectivity index (χ1) is 17.2. The topological polar surface area (TPSA) is 64.0 Å². The van der Waals surface area contributed by atoms with Gasteiger partial charge >= 0.3 is 6.18 Å². The minimum atomic E-state index is -4.49. The summed E-state index contributed by atoms with van der Waals surface area (Å²) < 4.78 is 40.6. The van der Waals surface area contributed by atoms with Crippen LogP contribution in [-0.2, 0) is 29.4 Å². The fraction of sp³-hybridized carbons (Fsp3) is 0.370. The minimum Gasteiger partial charge on any atom is -0.325 e. The molecule has 9 heteroatoms. The van der Waals surface area contributed by atoms with E-state index >= 15 is 0 Å². The molecule has 1 heterocycles. The summed E-state index contributed by atoms with van der Waals surface area (Å²) in [6.07, 6.45) is 0.426. The first-order valence-corrected chi connectivity index (χ1v) is 13.0. The maximum Gasteiger partial charge on any atom is 0.416 e. The van der Waals surface area contributed by atoms with Gasteiger partial charge in [-0.2, -0.15) is 13.2 Å². The van der Waals surface area contributed by atoms with Crippen molar-refractivity contribution < 1.29 is 18.0 Å². The lowest BCUT2D eigenvalue weighted by Gasteiger charge is -2.36. The van der Waals surface area contributed by atoms with Gasteiger partial charge in [0.1, 0.15) is 0 Å². The number of thioether (sulfide) groups is 1. The Hall–Kier alpha value is -3.07. The second-order valence-corrected chi connectivity index (χ2v) is 10.3. The highest BCUT2D eigenvalue weighted by Crippen LogP contribution is 2.50. The lowest BCUT2D eigenvalue weighted by molar-refractivity contribution is -0.137. The van der Waals surface area contributed by atoms with E-state index in [4.69, 9.17) is 4.98 Å². The summed E-state index contributed by atoms with van der Waals surface area (Å²) in [5.74, 6) is -0.560. The van der Waals surface area contributed by atoms with E-state index in [1.54, 1.807) is 4.57 Å². The molecule has 2 aliphatic carbocycles. The van der Waals surface area contributed by atoms with Crippen LogP contribution in [0.1, 0.15) is 49.3 Å². The number of carbonyl (C=O) groups excluding carboxylic acids is 1. The number of aromatic nitrogens is 2. The van der Waals surface area contributed by atoms with Crippen LogP contribution in [0.15, 0.2) is 58.5 Å². The maximum atomic E-state index is 13.8. The van der Waals surface area contributed by atoms with Crippen molar-refractivity contribution in [3.63, 3.8) is 0 Å². The van der Waals surface area contributed by atoms with Crippen LogP contribution in [0.5, 0.6) is 0 Å². The summed E-state index contributed by atoms with van der Waals surface area (Å²) in [6.45, 7) is 2.29. The Kier molecular flexibility index (Phi) is 6.44. The van der Waals surface area contributed by atoms with Gasteiger partial charge in [-0.15, -0.1) is 0 Å². The minimum absolute atomic E-state index is 0.0558. The zero-order valence-electron chi connectivity index (χ0n) is 19.8. The number of halogens is 3. The Morgan fingerprint density at radius 3 is 2.61 bits per heavy atom. The van der Waals surface area contributed by atoms with Crippen molar-refractivity contribution >= 4 is 23.4 Å². The van der Waals surface area contributed by atoms with Crippen molar-refractivity contribution in [1.29, 1.82) is 0 Å². The molecule has 0 aliphatic heterocycles. The SMILES string of the molecule is CCn1c(SCC(=O)Nc2cccc(C(F)(F)F)c2)nc2c(c1=O)C1(CCCC1)Cc1ccccc1-2. The van der Waals surface area contributed by atoms with Gasteiger partial charge in [-0.25, -0.2) is 4.98 Å². The number of anilines is 1. The fourth-order valence-corrected chi connectivity index (χ4v) is 6.39. The lowest BCUT2D eigenvalue weighted by Crippen LogP contribution is -2.40. The molecule has 1 fully saturated rings. The average molecular weight is 514 g/mol. The average Bonchev–Trinajstić information content (AvgIpc) is 3.30. The van der Waals surface area contributed by atoms with Crippen LogP contribution < -0.4 is 10.9 Å². The first-order valence-electron chi connectivity index (χ1n) is 12.1. The number of fused-ring (bicyclic) bond motifs is 4. The van der Waals surface area contributed by atoms with Crippen molar-refractivity contribution in [3.8, 4) is 11.3 Å². The summed E-state index contributed by atoms with van der Waals surface area (Å²) in [6, 6.07) is 12.6. The Bertz CT molecular complexity index is 1380. The molecule has 1 saturated carbocycles. The number of nitrogens with zero attached hydrogens (tertiary/aromatic N) is 2. The number of carbonyl (C=O) groups is 1. The molecule has 1 N–H and O–H groups in total. The molecule has 0 bridgehead atoms. The molecule has 0 radical (unpaired) electrons. The molecule has 0 unspecified atom stereocenters. The summed E-state index contributed by atoms with van der Waals surface area (Å²) in [5.41, 5.74) is 2.62. The normalized spacial score (nSPS) is 16.0. The molecular formula is C27H26F3N3O2S. The van der Waals surface area contributed by atoms with E-state index in [-0.39, 0.29) is 22.4 Å². The van der Waals surface area contributed by atoms with Crippen LogP contribution in [0.2, 0.25) is 0 Å². The monoisotopic (exact) mass is 513 g/mol. The predicted octanol–water partition coefficient (Wildman–Crippen LogP) is 6.05. The molecule has 2 aliphatic rings. The number of hydrogen-bond donors (Lipinski definition) is 1. The van der Waals surface area contributed by atoms with Gasteiger partial charge in [-0.3, -0.25) is 14.2 Å². The van der Waals surface area contributed by atoms with Gasteiger partial charge in [0.25, 0.3) is 5.56 Å². The van der Waals surface area contributed by atoms with Gasteiger partial charge in [0.05, 0.1) is 22.6 Å². The van der Waals surface area contributed by atoms with Crippen LogP contribution >= 0.6 is 11.8 Å². The molecule has 5 nitrogen and oxygen atoms in total. The maximum absolute atomic E-state index is 13.8. The quantitative estimate of drug-likeness (QED) is 0.333. The second-order valence-electron chi connectivity index (χ2n) is 9.40. The van der Waals surface area contributed by atoms with Crippen molar-refractivity contribution in [3.05, 3.63) is 75.6 Å². The Labute approximate surface area is 211 Å². The fourth-order valence-electron chi connectivity index (χ4n) is 5.53. The smallest absolute Gasteiger partial charge is 0.325 e. The predicted molar refractivity (Wildman–Crippen MR) is 134 cm³/mol. The van der Waals surface area contributed by atoms with Gasteiger partial charge in [0.2, 0.25) is 5.91 Å². The standard InChI is InChI=1S/C27H26F3N3O2S/c1-2-33-24(35)22-23(20-11-4-3-8-17(20)15-26(22)12-5-6-13-26)32-25(33)36-16-21(34)31-19-10-7-9-18(14-19)27(28,29)30/h3-4,7-11,14H,2,5-6,12-13,15-16H2,1H3,(H,31,34). The summed E-state index contributed by atoms with van der Waals surface area (Å²) >= 11 is 1.12. The molecule has 0 atom stereocenters. The largest absolute Gasteiger partial charge is 0.416 e. The Balaban J connectivity index is 1.45. The number of hydrogen-bond acceptors (Lipinski definition) is 4. The Morgan fingerprint density at radius 2 is 1.89 bits per heavy atom. The van der Waals surface area contributed by atoms with Gasteiger partial charge in [0, 0.05) is 23.2 Å². The zero-order valence-corrected chi connectivity index (χ0v) is 20.6. The van der Waals surface area contributed by atoms with Gasteiger partial charge in [-0.1, -0.05) is 54.9 Å². The van der Waals surface area contributed by atoms with Crippen molar-refractivity contribution in [1.82, 2.24) is 9.55 Å². The van der Waals surface area contributed by atoms with Crippen LogP contribution in [0.25, 0.3) is 11.3 Å². The van der Waals surface area contributed by atoms with E-state index in [9.17, 15) is 22.8 Å². The molecule has 1 aromatic heterocycles. The van der Waals surface area contributed by atoms with E-state index in [0.717, 1.165) is 67.1 Å². The van der Waals surface area contributed by atoms with E-state index in [1.165, 1.54) is 17.7 Å². The molecule has 1 amide bonds. The van der Waals surface area contributed by atoms with Crippen molar-refractivity contribution in [2.75, 3.05) is 11.1 Å². The van der Waals surface area contributed by atoms with Crippen LogP contribution in [0, 0.1) is 0 Å². The molecule has 3 aromatic rings. The van der Waals surface area contributed by atoms with Gasteiger partial charge in [-0.05, 0) is 49.9 Å². The molecule has 2 aromatic carbocycles. The lowest BCUT2D eigenvalue weighted by atomic mass is 9.68. The van der Waals surface area contributed by atoms with E-state index in [0.29, 0.717) is 17.4 Å². The summed E-state index contributed by atoms with van der Waals surface area (Å²) in [4.78, 5) is 31.3. The van der Waals surface area contributed by atoms with E-state index in [1.807, 2.05) is 25.1 Å². The molecular weight excluding hydrogens is 487 g/mol. The van der Waals surface area contributed by atoms with Crippen LogP contribution in [0.4, 0.5) is 18.9 Å². The highest BCUT2D eigenvalue weighted by atomic mass is 32.2. The van der Waals surface area contributed by atoms with E-state index in [2.05, 4.69) is 11.4 Å². The highest BCUT2D eigenvalue weighted by molar-refractivity contribution is 7.99. The summed E-state index contributed by atoms with van der Waals surface area (Å²) in [5, 5.41) is 2.95. The Morgan fingerprint density at radius 1 is 1.14 bits per heavy atom. The third kappa shape index (κ3) is 4.45. The van der Waals surface area contributed by atoms with Gasteiger partial charge < -0.3 is 5.32 Å². The molecule has 36 heavy (non-hydrogen) atoms. The second kappa shape index (κ2) is 9.42. The third-order valence-electron chi connectivity index (χ3n) is 7.15. The number of benzene rings is 2. The molecule has 5 rings (SSSR count). The number of alkyl halides is 3. The van der Waals surface area contributed by atoms with Crippen LogP contribution in [-0.4, -0.2) is 21.2 Å². The van der Waals surface area contributed by atoms with Crippen LogP contribution in [0.3, 0.4) is 0 Å². The molecule has 0 saturated heterocycles. The third-order valence-corrected chi connectivity index (χ3v) is 8.13. The first kappa shape index (κ1) is 24.6.